The lowest BCUT2D eigenvalue weighted by atomic mass is 10.2. The van der Waals surface area contributed by atoms with Gasteiger partial charge in [0.1, 0.15) is 5.69 Å². The predicted molar refractivity (Wildman–Crippen MR) is 91.7 cm³/mol. The Morgan fingerprint density at radius 2 is 2.04 bits per heavy atom. The molecular formula is C15H20N4O5S. The molecule has 0 amide bonds. The third kappa shape index (κ3) is 4.88. The van der Waals surface area contributed by atoms with Crippen LogP contribution in [-0.4, -0.2) is 55.2 Å². The second-order valence-electron chi connectivity index (χ2n) is 5.92. The van der Waals surface area contributed by atoms with Crippen molar-refractivity contribution >= 4 is 21.4 Å². The lowest BCUT2D eigenvalue weighted by molar-refractivity contribution is -0.384. The van der Waals surface area contributed by atoms with E-state index in [0.717, 1.165) is 6.07 Å². The number of nitrogens with zero attached hydrogens (tertiary/aromatic N) is 3. The second kappa shape index (κ2) is 7.77. The number of morpholine rings is 1. The molecule has 1 aromatic rings. The number of hydrogen-bond acceptors (Lipinski definition) is 7. The van der Waals surface area contributed by atoms with Crippen molar-refractivity contribution in [3.63, 3.8) is 0 Å². The molecule has 1 saturated heterocycles. The van der Waals surface area contributed by atoms with Crippen molar-refractivity contribution in [1.29, 1.82) is 5.26 Å². The first-order valence-corrected chi connectivity index (χ1v) is 9.39. The Kier molecular flexibility index (Phi) is 5.94. The Morgan fingerprint density at radius 1 is 1.40 bits per heavy atom. The van der Waals surface area contributed by atoms with Gasteiger partial charge < -0.3 is 10.1 Å². The van der Waals surface area contributed by atoms with Crippen molar-refractivity contribution in [3.05, 3.63) is 33.9 Å². The lowest BCUT2D eigenvalue weighted by Crippen LogP contribution is -2.49. The van der Waals surface area contributed by atoms with Gasteiger partial charge in [-0.25, -0.2) is 8.42 Å². The van der Waals surface area contributed by atoms with E-state index in [1.807, 2.05) is 19.9 Å². The molecule has 10 heteroatoms. The molecule has 1 aliphatic heterocycles. The van der Waals surface area contributed by atoms with Gasteiger partial charge in [0.2, 0.25) is 10.0 Å². The zero-order chi connectivity index (χ0) is 18.6. The van der Waals surface area contributed by atoms with E-state index in [9.17, 15) is 18.5 Å². The topological polar surface area (TPSA) is 126 Å². The summed E-state index contributed by atoms with van der Waals surface area (Å²) < 4.78 is 31.8. The molecule has 0 aromatic heterocycles. The molecule has 1 aromatic carbocycles. The largest absolute Gasteiger partial charge is 0.378 e. The molecule has 0 aliphatic carbocycles. The molecule has 2 atom stereocenters. The molecule has 0 bridgehead atoms. The van der Waals surface area contributed by atoms with Gasteiger partial charge in [0, 0.05) is 25.7 Å². The van der Waals surface area contributed by atoms with Crippen molar-refractivity contribution in [2.24, 2.45) is 0 Å². The van der Waals surface area contributed by atoms with E-state index in [0.29, 0.717) is 13.1 Å². The van der Waals surface area contributed by atoms with Gasteiger partial charge in [-0.1, -0.05) is 0 Å². The summed E-state index contributed by atoms with van der Waals surface area (Å²) in [7, 11) is -3.50. The lowest BCUT2D eigenvalue weighted by Gasteiger charge is -2.34. The van der Waals surface area contributed by atoms with E-state index in [-0.39, 0.29) is 41.4 Å². The Bertz CT molecular complexity index is 780. The number of nitro benzene ring substituents is 1. The molecule has 25 heavy (non-hydrogen) atoms. The number of sulfonamides is 1. The first-order valence-electron chi connectivity index (χ1n) is 7.78. The molecule has 0 spiro atoms. The van der Waals surface area contributed by atoms with Crippen LogP contribution in [0.3, 0.4) is 0 Å². The smallest absolute Gasteiger partial charge is 0.293 e. The van der Waals surface area contributed by atoms with Gasteiger partial charge in [-0.15, -0.1) is 0 Å². The summed E-state index contributed by atoms with van der Waals surface area (Å²) in [5.74, 6) is -0.191. The van der Waals surface area contributed by atoms with Crippen molar-refractivity contribution in [2.75, 3.05) is 30.7 Å². The fourth-order valence-corrected chi connectivity index (χ4v) is 4.20. The van der Waals surface area contributed by atoms with E-state index < -0.39 is 14.9 Å². The molecular weight excluding hydrogens is 348 g/mol. The number of benzene rings is 1. The van der Waals surface area contributed by atoms with Crippen LogP contribution in [0, 0.1) is 21.4 Å². The second-order valence-corrected chi connectivity index (χ2v) is 8.01. The van der Waals surface area contributed by atoms with Crippen molar-refractivity contribution < 1.29 is 18.1 Å². The molecule has 0 unspecified atom stereocenters. The van der Waals surface area contributed by atoms with Gasteiger partial charge in [0.15, 0.2) is 0 Å². The number of hydrogen-bond donors (Lipinski definition) is 1. The van der Waals surface area contributed by atoms with Gasteiger partial charge in [0.25, 0.3) is 5.69 Å². The Morgan fingerprint density at radius 3 is 2.60 bits per heavy atom. The highest BCUT2D eigenvalue weighted by atomic mass is 32.2. The first kappa shape index (κ1) is 19.1. The monoisotopic (exact) mass is 368 g/mol. The third-order valence-corrected chi connectivity index (χ3v) is 5.58. The number of nitro groups is 1. The van der Waals surface area contributed by atoms with Gasteiger partial charge in [-0.05, 0) is 26.0 Å². The molecule has 0 saturated carbocycles. The molecule has 0 radical (unpaired) electrons. The molecule has 9 nitrogen and oxygen atoms in total. The SMILES string of the molecule is C[C@@H]1CN(S(=O)(=O)CCNc2ccc(C#N)cc2[N+](=O)[O-])C[C@@H](C)O1. The van der Waals surface area contributed by atoms with E-state index in [1.54, 1.807) is 0 Å². The zero-order valence-electron chi connectivity index (χ0n) is 14.0. The van der Waals surface area contributed by atoms with Crippen LogP contribution in [0.5, 0.6) is 0 Å². The van der Waals surface area contributed by atoms with Gasteiger partial charge in [-0.3, -0.25) is 10.1 Å². The number of rotatable bonds is 6. The van der Waals surface area contributed by atoms with Crippen molar-refractivity contribution in [1.82, 2.24) is 4.31 Å². The summed E-state index contributed by atoms with van der Waals surface area (Å²) in [5, 5.41) is 22.7. The normalized spacial score (nSPS) is 21.5. The summed E-state index contributed by atoms with van der Waals surface area (Å²) >= 11 is 0. The summed E-state index contributed by atoms with van der Waals surface area (Å²) in [6, 6.07) is 5.83. The number of nitrogens with one attached hydrogen (secondary N) is 1. The van der Waals surface area contributed by atoms with Gasteiger partial charge in [0.05, 0.1) is 34.5 Å². The van der Waals surface area contributed by atoms with E-state index in [4.69, 9.17) is 10.00 Å². The highest BCUT2D eigenvalue weighted by Gasteiger charge is 2.30. The quantitative estimate of drug-likeness (QED) is 0.593. The fourth-order valence-electron chi connectivity index (χ4n) is 2.70. The van der Waals surface area contributed by atoms with Crippen LogP contribution in [0.2, 0.25) is 0 Å². The average Bonchev–Trinajstić information content (AvgIpc) is 2.53. The summed E-state index contributed by atoms with van der Waals surface area (Å²) in [6.07, 6.45) is -0.350. The molecule has 1 N–H and O–H groups in total. The van der Waals surface area contributed by atoms with E-state index in [2.05, 4.69) is 5.32 Å². The Labute approximate surface area is 146 Å². The Balaban J connectivity index is 2.03. The Hall–Kier alpha value is -2.22. The maximum Gasteiger partial charge on any atom is 0.293 e. The molecule has 2 rings (SSSR count). The minimum Gasteiger partial charge on any atom is -0.378 e. The standard InChI is InChI=1S/C15H20N4O5S/c1-11-9-18(10-12(2)24-11)25(22,23)6-5-17-14-4-3-13(8-16)7-15(14)19(20)21/h3-4,7,11-12,17H,5-6,9-10H2,1-2H3/t11-,12-/m1/s1. The van der Waals surface area contributed by atoms with Crippen LogP contribution < -0.4 is 5.32 Å². The number of nitriles is 1. The van der Waals surface area contributed by atoms with Crippen LogP contribution in [0.15, 0.2) is 18.2 Å². The first-order chi connectivity index (χ1) is 11.7. The van der Waals surface area contributed by atoms with Crippen molar-refractivity contribution in [2.45, 2.75) is 26.1 Å². The molecule has 1 fully saturated rings. The highest BCUT2D eigenvalue weighted by molar-refractivity contribution is 7.89. The van der Waals surface area contributed by atoms with Crippen LogP contribution in [0.4, 0.5) is 11.4 Å². The maximum absolute atomic E-state index is 12.4. The summed E-state index contributed by atoms with van der Waals surface area (Å²) in [5.41, 5.74) is 0.0918. The van der Waals surface area contributed by atoms with Crippen molar-refractivity contribution in [3.8, 4) is 6.07 Å². The van der Waals surface area contributed by atoms with Gasteiger partial charge in [-0.2, -0.15) is 9.57 Å². The van der Waals surface area contributed by atoms with Crippen LogP contribution in [-0.2, 0) is 14.8 Å². The minimum absolute atomic E-state index is 0.0230. The highest BCUT2D eigenvalue weighted by Crippen LogP contribution is 2.25. The third-order valence-electron chi connectivity index (χ3n) is 3.78. The zero-order valence-corrected chi connectivity index (χ0v) is 14.8. The molecule has 1 aliphatic rings. The van der Waals surface area contributed by atoms with Gasteiger partial charge >= 0.3 is 0 Å². The number of ether oxygens (including phenoxy) is 1. The summed E-state index contributed by atoms with van der Waals surface area (Å²) in [4.78, 5) is 10.5. The predicted octanol–water partition coefficient (Wildman–Crippen LogP) is 1.32. The van der Waals surface area contributed by atoms with Crippen LogP contribution in [0.1, 0.15) is 19.4 Å². The maximum atomic E-state index is 12.4. The molecule has 1 heterocycles. The summed E-state index contributed by atoms with van der Waals surface area (Å²) in [6.45, 7) is 4.25. The van der Waals surface area contributed by atoms with E-state index in [1.165, 1.54) is 16.4 Å². The number of anilines is 1. The van der Waals surface area contributed by atoms with Crippen LogP contribution in [0.25, 0.3) is 0 Å². The molecule has 136 valence electrons. The van der Waals surface area contributed by atoms with E-state index >= 15 is 0 Å². The average molecular weight is 368 g/mol. The minimum atomic E-state index is -3.50. The van der Waals surface area contributed by atoms with Crippen LogP contribution >= 0.6 is 0 Å². The fraction of sp³-hybridized carbons (Fsp3) is 0.533.